The molecule has 0 saturated heterocycles. The second kappa shape index (κ2) is 7.29. The van der Waals surface area contributed by atoms with E-state index in [0.29, 0.717) is 23.6 Å². The predicted octanol–water partition coefficient (Wildman–Crippen LogP) is 5.28. The number of hydrogen-bond acceptors (Lipinski definition) is 3. The van der Waals surface area contributed by atoms with E-state index >= 15 is 0 Å². The third-order valence-electron chi connectivity index (χ3n) is 3.95. The Hall–Kier alpha value is -2.67. The van der Waals surface area contributed by atoms with Gasteiger partial charge in [-0.05, 0) is 64.6 Å². The van der Waals surface area contributed by atoms with Crippen LogP contribution >= 0.6 is 22.6 Å². The smallest absolute Gasteiger partial charge is 0.228 e. The Morgan fingerprint density at radius 2 is 1.85 bits per heavy atom. The maximum Gasteiger partial charge on any atom is 0.228 e. The highest BCUT2D eigenvalue weighted by Gasteiger charge is 2.10. The van der Waals surface area contributed by atoms with Gasteiger partial charge in [0, 0.05) is 14.8 Å². The summed E-state index contributed by atoms with van der Waals surface area (Å²) in [5.74, 6) is 0.517. The molecular formula is C21H15IN2O2. The number of rotatable bonds is 4. The minimum Gasteiger partial charge on any atom is -0.436 e. The van der Waals surface area contributed by atoms with Gasteiger partial charge in [0.05, 0.1) is 6.42 Å². The van der Waals surface area contributed by atoms with Gasteiger partial charge in [0.1, 0.15) is 5.52 Å². The van der Waals surface area contributed by atoms with Crippen LogP contribution in [0.5, 0.6) is 0 Å². The SMILES string of the molecule is O=C(Cc1ccccc1)Nc1ccc2oc(-c3cccc(I)c3)nc2c1. The Labute approximate surface area is 164 Å². The first-order valence-corrected chi connectivity index (χ1v) is 9.25. The van der Waals surface area contributed by atoms with Crippen LogP contribution in [-0.2, 0) is 11.2 Å². The molecule has 0 aliphatic heterocycles. The maximum absolute atomic E-state index is 12.2. The molecule has 0 atom stereocenters. The van der Waals surface area contributed by atoms with Gasteiger partial charge in [-0.15, -0.1) is 0 Å². The molecule has 1 heterocycles. The highest BCUT2D eigenvalue weighted by molar-refractivity contribution is 14.1. The van der Waals surface area contributed by atoms with Crippen LogP contribution in [0, 0.1) is 3.57 Å². The minimum atomic E-state index is -0.0584. The molecule has 0 unspecified atom stereocenters. The highest BCUT2D eigenvalue weighted by Crippen LogP contribution is 2.27. The molecule has 26 heavy (non-hydrogen) atoms. The average molecular weight is 454 g/mol. The van der Waals surface area contributed by atoms with E-state index in [1.54, 1.807) is 0 Å². The molecule has 0 radical (unpaired) electrons. The molecule has 0 spiro atoms. The zero-order chi connectivity index (χ0) is 17.9. The first kappa shape index (κ1) is 16.8. The number of hydrogen-bond donors (Lipinski definition) is 1. The summed E-state index contributed by atoms with van der Waals surface area (Å²) in [6.07, 6.45) is 0.339. The molecule has 128 valence electrons. The van der Waals surface area contributed by atoms with Crippen LogP contribution in [0.3, 0.4) is 0 Å². The van der Waals surface area contributed by atoms with Gasteiger partial charge in [-0.2, -0.15) is 0 Å². The summed E-state index contributed by atoms with van der Waals surface area (Å²) < 4.78 is 6.96. The van der Waals surface area contributed by atoms with E-state index in [1.165, 1.54) is 0 Å². The standard InChI is InChI=1S/C21H15IN2O2/c22-16-8-4-7-15(12-16)21-24-18-13-17(9-10-19(18)26-21)23-20(25)11-14-5-2-1-3-6-14/h1-10,12-13H,11H2,(H,23,25). The Kier molecular flexibility index (Phi) is 4.71. The van der Waals surface area contributed by atoms with Gasteiger partial charge in [-0.25, -0.2) is 4.98 Å². The van der Waals surface area contributed by atoms with Crippen LogP contribution in [0.25, 0.3) is 22.6 Å². The fraction of sp³-hybridized carbons (Fsp3) is 0.0476. The van der Waals surface area contributed by atoms with E-state index in [1.807, 2.05) is 72.8 Å². The summed E-state index contributed by atoms with van der Waals surface area (Å²) in [6, 6.07) is 23.1. The zero-order valence-corrected chi connectivity index (χ0v) is 15.9. The van der Waals surface area contributed by atoms with Crippen molar-refractivity contribution in [2.24, 2.45) is 0 Å². The van der Waals surface area contributed by atoms with E-state index in [0.717, 1.165) is 20.2 Å². The van der Waals surface area contributed by atoms with Crippen molar-refractivity contribution in [2.45, 2.75) is 6.42 Å². The number of aromatic nitrogens is 1. The molecule has 0 fully saturated rings. The van der Waals surface area contributed by atoms with Gasteiger partial charge in [0.15, 0.2) is 5.58 Å². The third-order valence-corrected chi connectivity index (χ3v) is 4.62. The Balaban J connectivity index is 1.55. The Morgan fingerprint density at radius 3 is 2.65 bits per heavy atom. The summed E-state index contributed by atoms with van der Waals surface area (Å²) in [6.45, 7) is 0. The fourth-order valence-electron chi connectivity index (χ4n) is 2.74. The number of oxazole rings is 1. The largest absolute Gasteiger partial charge is 0.436 e. The van der Waals surface area contributed by atoms with Gasteiger partial charge >= 0.3 is 0 Å². The van der Waals surface area contributed by atoms with E-state index in [4.69, 9.17) is 4.42 Å². The van der Waals surface area contributed by atoms with Crippen molar-refractivity contribution in [1.82, 2.24) is 4.98 Å². The van der Waals surface area contributed by atoms with Gasteiger partial charge in [0.25, 0.3) is 0 Å². The molecular weight excluding hydrogens is 439 g/mol. The van der Waals surface area contributed by atoms with Gasteiger partial charge in [-0.3, -0.25) is 4.79 Å². The minimum absolute atomic E-state index is 0.0584. The summed E-state index contributed by atoms with van der Waals surface area (Å²) in [5.41, 5.74) is 4.04. The second-order valence-corrected chi connectivity index (χ2v) is 7.17. The Bertz CT molecular complexity index is 1070. The molecule has 0 aliphatic carbocycles. The van der Waals surface area contributed by atoms with Gasteiger partial charge in [-0.1, -0.05) is 36.4 Å². The summed E-state index contributed by atoms with van der Waals surface area (Å²) >= 11 is 2.26. The lowest BCUT2D eigenvalue weighted by Crippen LogP contribution is -2.14. The second-order valence-electron chi connectivity index (χ2n) is 5.92. The molecule has 1 amide bonds. The molecule has 5 heteroatoms. The number of benzene rings is 3. The number of fused-ring (bicyclic) bond motifs is 1. The predicted molar refractivity (Wildman–Crippen MR) is 111 cm³/mol. The molecule has 0 bridgehead atoms. The number of amides is 1. The molecule has 1 N–H and O–H groups in total. The summed E-state index contributed by atoms with van der Waals surface area (Å²) in [7, 11) is 0. The summed E-state index contributed by atoms with van der Waals surface area (Å²) in [5, 5.41) is 2.92. The van der Waals surface area contributed by atoms with Crippen molar-refractivity contribution in [3.8, 4) is 11.5 Å². The topological polar surface area (TPSA) is 55.1 Å². The number of anilines is 1. The average Bonchev–Trinajstić information content (AvgIpc) is 3.06. The Morgan fingerprint density at radius 1 is 1.00 bits per heavy atom. The third kappa shape index (κ3) is 3.77. The lowest BCUT2D eigenvalue weighted by Gasteiger charge is -2.04. The molecule has 3 aromatic carbocycles. The molecule has 0 aliphatic rings. The number of nitrogens with zero attached hydrogens (tertiary/aromatic N) is 1. The number of nitrogens with one attached hydrogen (secondary N) is 1. The molecule has 4 rings (SSSR count). The van der Waals surface area contributed by atoms with Crippen molar-refractivity contribution in [3.05, 3.63) is 81.9 Å². The van der Waals surface area contributed by atoms with Crippen LogP contribution < -0.4 is 5.32 Å². The first-order chi connectivity index (χ1) is 12.7. The van der Waals surface area contributed by atoms with Crippen LogP contribution in [0.15, 0.2) is 77.2 Å². The van der Waals surface area contributed by atoms with Crippen molar-refractivity contribution in [2.75, 3.05) is 5.32 Å². The van der Waals surface area contributed by atoms with Gasteiger partial charge < -0.3 is 9.73 Å². The normalized spacial score (nSPS) is 10.8. The lowest BCUT2D eigenvalue weighted by atomic mass is 10.1. The van der Waals surface area contributed by atoms with E-state index in [-0.39, 0.29) is 5.91 Å². The van der Waals surface area contributed by atoms with E-state index in [9.17, 15) is 4.79 Å². The molecule has 4 nitrogen and oxygen atoms in total. The van der Waals surface area contributed by atoms with Crippen LogP contribution in [0.1, 0.15) is 5.56 Å². The number of halogens is 1. The lowest BCUT2D eigenvalue weighted by molar-refractivity contribution is -0.115. The fourth-order valence-corrected chi connectivity index (χ4v) is 3.28. The number of carbonyl (C=O) groups excluding carboxylic acids is 1. The van der Waals surface area contributed by atoms with E-state index < -0.39 is 0 Å². The molecule has 1 aromatic heterocycles. The summed E-state index contributed by atoms with van der Waals surface area (Å²) in [4.78, 5) is 16.8. The quantitative estimate of drug-likeness (QED) is 0.427. The molecule has 4 aromatic rings. The van der Waals surface area contributed by atoms with Crippen LogP contribution in [0.4, 0.5) is 5.69 Å². The highest BCUT2D eigenvalue weighted by atomic mass is 127. The first-order valence-electron chi connectivity index (χ1n) is 8.18. The molecule has 0 saturated carbocycles. The van der Waals surface area contributed by atoms with Crippen molar-refractivity contribution in [3.63, 3.8) is 0 Å². The van der Waals surface area contributed by atoms with Crippen LogP contribution in [-0.4, -0.2) is 10.9 Å². The van der Waals surface area contributed by atoms with Crippen molar-refractivity contribution >= 4 is 45.3 Å². The van der Waals surface area contributed by atoms with Crippen molar-refractivity contribution in [1.29, 1.82) is 0 Å². The van der Waals surface area contributed by atoms with E-state index in [2.05, 4.69) is 32.9 Å². The zero-order valence-electron chi connectivity index (χ0n) is 13.8. The van der Waals surface area contributed by atoms with Gasteiger partial charge in [0.2, 0.25) is 11.8 Å². The monoisotopic (exact) mass is 454 g/mol. The van der Waals surface area contributed by atoms with Crippen molar-refractivity contribution < 1.29 is 9.21 Å². The maximum atomic E-state index is 12.2. The van der Waals surface area contributed by atoms with Crippen LogP contribution in [0.2, 0.25) is 0 Å². The number of carbonyl (C=O) groups is 1.